The molecule has 1 amide bonds. The van der Waals surface area contributed by atoms with Crippen LogP contribution in [0.2, 0.25) is 10.0 Å². The van der Waals surface area contributed by atoms with Crippen LogP contribution in [0.25, 0.3) is 10.9 Å². The summed E-state index contributed by atoms with van der Waals surface area (Å²) in [6, 6.07) is 10.5. The van der Waals surface area contributed by atoms with Crippen molar-refractivity contribution in [3.8, 4) is 0 Å². The second kappa shape index (κ2) is 6.65. The van der Waals surface area contributed by atoms with E-state index in [0.29, 0.717) is 16.9 Å². The molecule has 24 heavy (non-hydrogen) atoms. The van der Waals surface area contributed by atoms with E-state index in [1.165, 1.54) is 0 Å². The van der Waals surface area contributed by atoms with Crippen molar-refractivity contribution in [3.63, 3.8) is 0 Å². The number of halogens is 2. The van der Waals surface area contributed by atoms with Crippen molar-refractivity contribution in [2.45, 2.75) is 6.92 Å². The smallest absolute Gasteiger partial charge is 0.258 e. The Kier molecular flexibility index (Phi) is 4.57. The Balaban J connectivity index is 2.10. The van der Waals surface area contributed by atoms with E-state index in [2.05, 4.69) is 15.7 Å². The molecule has 0 radical (unpaired) electrons. The zero-order chi connectivity index (χ0) is 17.3. The van der Waals surface area contributed by atoms with E-state index >= 15 is 0 Å². The average Bonchev–Trinajstić information content (AvgIpc) is 2.56. The standard InChI is InChI=1S/C17H14Cl2N4O/c1-9-5-6-10-13(23-20)7-8-21-16(10)15(9)22-17(24)14-11(18)3-2-4-12(14)19/h2-8H,20H2,1H3,(H,21,23)(H,22,24). The van der Waals surface area contributed by atoms with Crippen molar-refractivity contribution < 1.29 is 4.79 Å². The lowest BCUT2D eigenvalue weighted by Gasteiger charge is -2.14. The molecule has 0 fully saturated rings. The van der Waals surface area contributed by atoms with Gasteiger partial charge < -0.3 is 10.7 Å². The minimum atomic E-state index is -0.394. The summed E-state index contributed by atoms with van der Waals surface area (Å²) >= 11 is 12.2. The highest BCUT2D eigenvalue weighted by atomic mass is 35.5. The number of benzene rings is 2. The number of aromatic nitrogens is 1. The van der Waals surface area contributed by atoms with Crippen molar-refractivity contribution in [3.05, 3.63) is 63.8 Å². The van der Waals surface area contributed by atoms with Gasteiger partial charge in [-0.1, -0.05) is 41.4 Å². The summed E-state index contributed by atoms with van der Waals surface area (Å²) in [4.78, 5) is 17.0. The summed E-state index contributed by atoms with van der Waals surface area (Å²) < 4.78 is 0. The van der Waals surface area contributed by atoms with Crippen molar-refractivity contribution in [2.75, 3.05) is 10.7 Å². The van der Waals surface area contributed by atoms with Crippen molar-refractivity contribution in [1.82, 2.24) is 4.98 Å². The van der Waals surface area contributed by atoms with Crippen LogP contribution in [0.5, 0.6) is 0 Å². The fourth-order valence-corrected chi connectivity index (χ4v) is 3.06. The van der Waals surface area contributed by atoms with Gasteiger partial charge in [-0.15, -0.1) is 0 Å². The lowest BCUT2D eigenvalue weighted by molar-refractivity contribution is 0.102. The topological polar surface area (TPSA) is 80.0 Å². The minimum Gasteiger partial charge on any atom is -0.323 e. The predicted molar refractivity (Wildman–Crippen MR) is 98.7 cm³/mol. The van der Waals surface area contributed by atoms with E-state index in [-0.39, 0.29) is 15.6 Å². The molecule has 3 rings (SSSR count). The molecule has 0 aliphatic heterocycles. The van der Waals surface area contributed by atoms with Gasteiger partial charge in [0.15, 0.2) is 0 Å². The van der Waals surface area contributed by atoms with Gasteiger partial charge in [-0.3, -0.25) is 15.6 Å². The maximum atomic E-state index is 12.7. The average molecular weight is 361 g/mol. The first-order chi connectivity index (χ1) is 11.5. The monoisotopic (exact) mass is 360 g/mol. The third-order valence-electron chi connectivity index (χ3n) is 3.71. The Morgan fingerprint density at radius 3 is 2.50 bits per heavy atom. The van der Waals surface area contributed by atoms with E-state index < -0.39 is 5.91 Å². The van der Waals surface area contributed by atoms with Gasteiger partial charge in [0.1, 0.15) is 0 Å². The van der Waals surface area contributed by atoms with Gasteiger partial charge in [0.2, 0.25) is 0 Å². The molecule has 1 heterocycles. The summed E-state index contributed by atoms with van der Waals surface area (Å²) in [5.74, 6) is 5.14. The summed E-state index contributed by atoms with van der Waals surface area (Å²) in [5.41, 5.74) is 5.64. The van der Waals surface area contributed by atoms with Crippen LogP contribution in [-0.2, 0) is 0 Å². The zero-order valence-electron chi connectivity index (χ0n) is 12.7. The van der Waals surface area contributed by atoms with E-state index in [9.17, 15) is 4.79 Å². The van der Waals surface area contributed by atoms with Gasteiger partial charge in [0.05, 0.1) is 32.5 Å². The number of nitrogen functional groups attached to an aromatic ring is 1. The van der Waals surface area contributed by atoms with Crippen molar-refractivity contribution in [2.24, 2.45) is 5.84 Å². The Labute approximate surface area is 148 Å². The number of amides is 1. The molecule has 7 heteroatoms. The molecule has 3 aromatic rings. The predicted octanol–water partition coefficient (Wildman–Crippen LogP) is 4.39. The number of aryl methyl sites for hydroxylation is 1. The van der Waals surface area contributed by atoms with Crippen LogP contribution in [0.3, 0.4) is 0 Å². The SMILES string of the molecule is Cc1ccc2c(NN)ccnc2c1NC(=O)c1c(Cl)cccc1Cl. The number of anilines is 2. The first-order valence-corrected chi connectivity index (χ1v) is 7.89. The number of pyridine rings is 1. The first kappa shape index (κ1) is 16.5. The maximum Gasteiger partial charge on any atom is 0.258 e. The molecule has 1 aromatic heterocycles. The Bertz CT molecular complexity index is 923. The maximum absolute atomic E-state index is 12.7. The van der Waals surface area contributed by atoms with Gasteiger partial charge in [0, 0.05) is 11.6 Å². The van der Waals surface area contributed by atoms with E-state index in [0.717, 1.165) is 10.9 Å². The summed E-state index contributed by atoms with van der Waals surface area (Å²) in [6.45, 7) is 1.88. The van der Waals surface area contributed by atoms with Crippen LogP contribution >= 0.6 is 23.2 Å². The molecule has 5 nitrogen and oxygen atoms in total. The molecular weight excluding hydrogens is 347 g/mol. The fourth-order valence-electron chi connectivity index (χ4n) is 2.49. The third-order valence-corrected chi connectivity index (χ3v) is 4.34. The van der Waals surface area contributed by atoms with Crippen molar-refractivity contribution >= 4 is 51.4 Å². The number of hydrazine groups is 1. The number of carbonyl (C=O) groups is 1. The number of rotatable bonds is 3. The molecule has 0 saturated heterocycles. The third kappa shape index (κ3) is 2.89. The van der Waals surface area contributed by atoms with Crippen LogP contribution in [0.1, 0.15) is 15.9 Å². The second-order valence-electron chi connectivity index (χ2n) is 5.21. The number of carbonyl (C=O) groups excluding carboxylic acids is 1. The van der Waals surface area contributed by atoms with E-state index in [1.54, 1.807) is 30.5 Å². The van der Waals surface area contributed by atoms with Crippen LogP contribution in [-0.4, -0.2) is 10.9 Å². The highest BCUT2D eigenvalue weighted by Gasteiger charge is 2.17. The molecule has 122 valence electrons. The number of nitrogens with two attached hydrogens (primary N) is 1. The molecule has 0 saturated carbocycles. The fraction of sp³-hybridized carbons (Fsp3) is 0.0588. The molecule has 0 aliphatic rings. The molecule has 0 atom stereocenters. The molecular formula is C17H14Cl2N4O. The molecule has 0 spiro atoms. The van der Waals surface area contributed by atoms with Gasteiger partial charge in [-0.25, -0.2) is 0 Å². The highest BCUT2D eigenvalue weighted by molar-refractivity contribution is 6.40. The zero-order valence-corrected chi connectivity index (χ0v) is 14.2. The van der Waals surface area contributed by atoms with Crippen molar-refractivity contribution in [1.29, 1.82) is 0 Å². The Morgan fingerprint density at radius 1 is 1.12 bits per heavy atom. The summed E-state index contributed by atoms with van der Waals surface area (Å²) in [6.07, 6.45) is 1.62. The number of fused-ring (bicyclic) bond motifs is 1. The van der Waals surface area contributed by atoms with Gasteiger partial charge >= 0.3 is 0 Å². The Morgan fingerprint density at radius 2 is 1.83 bits per heavy atom. The molecule has 0 aliphatic carbocycles. The van der Waals surface area contributed by atoms with Gasteiger partial charge in [-0.2, -0.15) is 0 Å². The van der Waals surface area contributed by atoms with Crippen LogP contribution in [0, 0.1) is 6.92 Å². The Hall–Kier alpha value is -2.34. The molecule has 4 N–H and O–H groups in total. The van der Waals surface area contributed by atoms with Crippen LogP contribution < -0.4 is 16.6 Å². The van der Waals surface area contributed by atoms with Crippen LogP contribution in [0.15, 0.2) is 42.6 Å². The minimum absolute atomic E-state index is 0.227. The summed E-state index contributed by atoms with van der Waals surface area (Å²) in [7, 11) is 0. The quantitative estimate of drug-likeness (QED) is 0.478. The molecule has 2 aromatic carbocycles. The number of hydrogen-bond acceptors (Lipinski definition) is 4. The summed E-state index contributed by atoms with van der Waals surface area (Å²) in [5, 5.41) is 4.24. The van der Waals surface area contributed by atoms with E-state index in [4.69, 9.17) is 29.0 Å². The van der Waals surface area contributed by atoms with Crippen LogP contribution in [0.4, 0.5) is 11.4 Å². The van der Waals surface area contributed by atoms with Gasteiger partial charge in [-0.05, 0) is 30.7 Å². The number of nitrogens with zero attached hydrogens (tertiary/aromatic N) is 1. The number of nitrogens with one attached hydrogen (secondary N) is 2. The second-order valence-corrected chi connectivity index (χ2v) is 6.02. The lowest BCUT2D eigenvalue weighted by atomic mass is 10.1. The van der Waals surface area contributed by atoms with Gasteiger partial charge in [0.25, 0.3) is 5.91 Å². The molecule has 0 bridgehead atoms. The normalized spacial score (nSPS) is 10.7. The largest absolute Gasteiger partial charge is 0.323 e. The van der Waals surface area contributed by atoms with E-state index in [1.807, 2.05) is 19.1 Å². The number of hydrogen-bond donors (Lipinski definition) is 3. The first-order valence-electron chi connectivity index (χ1n) is 7.13. The lowest BCUT2D eigenvalue weighted by Crippen LogP contribution is -2.15. The molecule has 0 unspecified atom stereocenters. The highest BCUT2D eigenvalue weighted by Crippen LogP contribution is 2.31.